The van der Waals surface area contributed by atoms with Gasteiger partial charge < -0.3 is 13.8 Å². The standard InChI is InChI=1S/C24H29N5O3/c1-16-17(2)27-32-22(16)29(23(30)31-4)13-19-6-5-9-24(3,11-19)14-28-15-26-20-8-7-18(12-25)10-21(20)28/h7-8,10,15,19H,5-6,9,11,13-14H2,1-4H3. The second-order valence-corrected chi connectivity index (χ2v) is 9.24. The molecule has 8 nitrogen and oxygen atoms in total. The summed E-state index contributed by atoms with van der Waals surface area (Å²) in [5.41, 5.74) is 4.19. The number of fused-ring (bicyclic) bond motifs is 1. The number of amides is 1. The van der Waals surface area contributed by atoms with Gasteiger partial charge >= 0.3 is 6.09 Å². The number of imidazole rings is 1. The minimum Gasteiger partial charge on any atom is -0.452 e. The molecule has 0 radical (unpaired) electrons. The smallest absolute Gasteiger partial charge is 0.416 e. The third-order valence-electron chi connectivity index (χ3n) is 6.69. The van der Waals surface area contributed by atoms with Gasteiger partial charge in [0.2, 0.25) is 5.88 Å². The Kier molecular flexibility index (Phi) is 5.92. The van der Waals surface area contributed by atoms with Crippen LogP contribution in [0.1, 0.15) is 49.4 Å². The van der Waals surface area contributed by atoms with Gasteiger partial charge in [-0.25, -0.2) is 14.7 Å². The summed E-state index contributed by atoms with van der Waals surface area (Å²) < 4.78 is 12.7. The number of anilines is 1. The number of nitriles is 1. The quantitative estimate of drug-likeness (QED) is 0.560. The minimum atomic E-state index is -0.429. The lowest BCUT2D eigenvalue weighted by atomic mass is 9.70. The molecule has 0 saturated heterocycles. The van der Waals surface area contributed by atoms with E-state index < -0.39 is 6.09 Å². The average molecular weight is 436 g/mol. The van der Waals surface area contributed by atoms with Crippen molar-refractivity contribution in [2.24, 2.45) is 11.3 Å². The van der Waals surface area contributed by atoms with Gasteiger partial charge in [-0.1, -0.05) is 18.5 Å². The topological polar surface area (TPSA) is 97.2 Å². The van der Waals surface area contributed by atoms with E-state index in [1.807, 2.05) is 32.3 Å². The van der Waals surface area contributed by atoms with Crippen molar-refractivity contribution in [2.75, 3.05) is 18.6 Å². The lowest BCUT2D eigenvalue weighted by Crippen LogP contribution is -2.39. The fraction of sp³-hybridized carbons (Fsp3) is 0.500. The molecule has 1 fully saturated rings. The summed E-state index contributed by atoms with van der Waals surface area (Å²) in [6.07, 6.45) is 5.62. The van der Waals surface area contributed by atoms with Crippen molar-refractivity contribution in [3.8, 4) is 6.07 Å². The van der Waals surface area contributed by atoms with Gasteiger partial charge in [-0.05, 0) is 62.6 Å². The van der Waals surface area contributed by atoms with Crippen LogP contribution in [0.3, 0.4) is 0 Å². The molecule has 1 amide bonds. The molecule has 3 aromatic rings. The van der Waals surface area contributed by atoms with Crippen molar-refractivity contribution in [2.45, 2.75) is 53.0 Å². The number of nitrogens with zero attached hydrogens (tertiary/aromatic N) is 5. The van der Waals surface area contributed by atoms with Crippen molar-refractivity contribution in [1.82, 2.24) is 14.7 Å². The highest BCUT2D eigenvalue weighted by Crippen LogP contribution is 2.42. The van der Waals surface area contributed by atoms with E-state index in [0.717, 1.165) is 54.5 Å². The molecular formula is C24H29N5O3. The van der Waals surface area contributed by atoms with Gasteiger partial charge in [0.05, 0.1) is 41.8 Å². The maximum absolute atomic E-state index is 12.5. The Balaban J connectivity index is 1.54. The Bertz CT molecular complexity index is 1170. The molecule has 1 saturated carbocycles. The van der Waals surface area contributed by atoms with Crippen LogP contribution in [-0.2, 0) is 11.3 Å². The predicted molar refractivity (Wildman–Crippen MR) is 120 cm³/mol. The minimum absolute atomic E-state index is 0.0490. The van der Waals surface area contributed by atoms with Crippen molar-refractivity contribution in [1.29, 1.82) is 5.26 Å². The van der Waals surface area contributed by atoms with Gasteiger partial charge in [0.15, 0.2) is 0 Å². The summed E-state index contributed by atoms with van der Waals surface area (Å²) >= 11 is 0. The van der Waals surface area contributed by atoms with E-state index in [1.54, 1.807) is 11.0 Å². The molecule has 32 heavy (non-hydrogen) atoms. The summed E-state index contributed by atoms with van der Waals surface area (Å²) in [7, 11) is 1.39. The second kappa shape index (κ2) is 8.65. The van der Waals surface area contributed by atoms with E-state index in [1.165, 1.54) is 7.11 Å². The molecule has 0 spiro atoms. The third kappa shape index (κ3) is 4.20. The molecule has 0 N–H and O–H groups in total. The van der Waals surface area contributed by atoms with Crippen molar-refractivity contribution < 1.29 is 14.1 Å². The zero-order valence-corrected chi connectivity index (χ0v) is 19.1. The van der Waals surface area contributed by atoms with Crippen LogP contribution < -0.4 is 4.90 Å². The van der Waals surface area contributed by atoms with Gasteiger partial charge in [-0.3, -0.25) is 0 Å². The SMILES string of the molecule is COC(=O)N(CC1CCCC(C)(Cn2cnc3ccc(C#N)cc32)C1)c1onc(C)c1C. The molecule has 1 aliphatic carbocycles. The molecule has 2 unspecified atom stereocenters. The van der Waals surface area contributed by atoms with Crippen LogP contribution in [0, 0.1) is 36.5 Å². The monoisotopic (exact) mass is 435 g/mol. The van der Waals surface area contributed by atoms with E-state index in [4.69, 9.17) is 9.26 Å². The molecule has 168 valence electrons. The number of benzene rings is 1. The normalized spacial score (nSPS) is 20.8. The zero-order valence-electron chi connectivity index (χ0n) is 19.1. The van der Waals surface area contributed by atoms with Crippen molar-refractivity contribution >= 4 is 23.0 Å². The molecule has 1 aliphatic rings. The largest absolute Gasteiger partial charge is 0.452 e. The average Bonchev–Trinajstić information content (AvgIpc) is 3.33. The lowest BCUT2D eigenvalue weighted by Gasteiger charge is -2.39. The Morgan fingerprint density at radius 1 is 1.44 bits per heavy atom. The number of hydrogen-bond acceptors (Lipinski definition) is 6. The summed E-state index contributed by atoms with van der Waals surface area (Å²) in [5, 5.41) is 13.3. The zero-order chi connectivity index (χ0) is 22.9. The van der Waals surface area contributed by atoms with Crippen molar-refractivity contribution in [3.63, 3.8) is 0 Å². The van der Waals surface area contributed by atoms with Crippen LogP contribution in [0.25, 0.3) is 11.0 Å². The van der Waals surface area contributed by atoms with Gasteiger partial charge in [-0.15, -0.1) is 0 Å². The number of aryl methyl sites for hydroxylation is 1. The number of rotatable bonds is 5. The highest BCUT2D eigenvalue weighted by Gasteiger charge is 2.36. The highest BCUT2D eigenvalue weighted by atomic mass is 16.6. The number of carbonyl (C=O) groups is 1. The van der Waals surface area contributed by atoms with Gasteiger partial charge in [0.25, 0.3) is 0 Å². The Morgan fingerprint density at radius 3 is 2.94 bits per heavy atom. The van der Waals surface area contributed by atoms with Gasteiger partial charge in [0.1, 0.15) is 0 Å². The van der Waals surface area contributed by atoms with E-state index >= 15 is 0 Å². The lowest BCUT2D eigenvalue weighted by molar-refractivity contribution is 0.133. The first-order chi connectivity index (χ1) is 15.3. The van der Waals surface area contributed by atoms with Crippen LogP contribution >= 0.6 is 0 Å². The van der Waals surface area contributed by atoms with Crippen LogP contribution in [0.5, 0.6) is 0 Å². The number of hydrogen-bond donors (Lipinski definition) is 0. The summed E-state index contributed by atoms with van der Waals surface area (Å²) in [5.74, 6) is 0.772. The fourth-order valence-corrected chi connectivity index (χ4v) is 4.95. The molecule has 8 heteroatoms. The van der Waals surface area contributed by atoms with E-state index in [-0.39, 0.29) is 5.41 Å². The molecule has 2 atom stereocenters. The molecule has 2 heterocycles. The highest BCUT2D eigenvalue weighted by molar-refractivity contribution is 5.86. The van der Waals surface area contributed by atoms with Crippen molar-refractivity contribution in [3.05, 3.63) is 41.3 Å². The summed E-state index contributed by atoms with van der Waals surface area (Å²) in [6.45, 7) is 7.41. The van der Waals surface area contributed by atoms with Crippen LogP contribution in [0.4, 0.5) is 10.7 Å². The Morgan fingerprint density at radius 2 is 2.25 bits per heavy atom. The summed E-state index contributed by atoms with van der Waals surface area (Å²) in [6, 6.07) is 7.81. The fourth-order valence-electron chi connectivity index (χ4n) is 4.95. The third-order valence-corrected chi connectivity index (χ3v) is 6.69. The number of carbonyl (C=O) groups excluding carboxylic acids is 1. The maximum Gasteiger partial charge on any atom is 0.416 e. The molecule has 1 aromatic carbocycles. The maximum atomic E-state index is 12.5. The Hall–Kier alpha value is -3.34. The van der Waals surface area contributed by atoms with Crippen LogP contribution in [0.2, 0.25) is 0 Å². The number of aromatic nitrogens is 3. The van der Waals surface area contributed by atoms with Gasteiger partial charge in [-0.2, -0.15) is 5.26 Å². The van der Waals surface area contributed by atoms with Gasteiger partial charge in [0, 0.05) is 18.7 Å². The second-order valence-electron chi connectivity index (χ2n) is 9.24. The molecule has 2 aromatic heterocycles. The predicted octanol–water partition coefficient (Wildman–Crippen LogP) is 4.98. The summed E-state index contributed by atoms with van der Waals surface area (Å²) in [4.78, 5) is 18.6. The number of ether oxygens (including phenoxy) is 1. The first-order valence-electron chi connectivity index (χ1n) is 11.0. The molecule has 0 aliphatic heterocycles. The van der Waals surface area contributed by atoms with E-state index in [9.17, 15) is 10.1 Å². The molecule has 0 bridgehead atoms. The molecule has 4 rings (SSSR count). The molecular weight excluding hydrogens is 406 g/mol. The Labute approximate surface area is 187 Å². The van der Waals surface area contributed by atoms with Crippen LogP contribution in [0.15, 0.2) is 29.0 Å². The number of methoxy groups -OCH3 is 1. The first kappa shape index (κ1) is 21.9. The van der Waals surface area contributed by atoms with Crippen LogP contribution in [-0.4, -0.2) is 34.5 Å². The van der Waals surface area contributed by atoms with E-state index in [0.29, 0.717) is 23.9 Å². The first-order valence-corrected chi connectivity index (χ1v) is 11.0. The van der Waals surface area contributed by atoms with E-state index in [2.05, 4.69) is 27.7 Å².